The van der Waals surface area contributed by atoms with Gasteiger partial charge < -0.3 is 28.8 Å². The molecular formula is C33H30ClFN6O5. The van der Waals surface area contributed by atoms with Crippen molar-refractivity contribution >= 4 is 34.3 Å². The van der Waals surface area contributed by atoms with Gasteiger partial charge in [0.1, 0.15) is 17.0 Å². The van der Waals surface area contributed by atoms with Crippen molar-refractivity contribution in [2.45, 2.75) is 50.7 Å². The Balaban J connectivity index is 1.09. The largest absolute Gasteiger partial charge is 0.478 e. The number of aromatic carboxylic acids is 1. The number of hydrogen-bond donors (Lipinski definition) is 1. The summed E-state index contributed by atoms with van der Waals surface area (Å²) in [5.41, 5.74) is 1.30. The summed E-state index contributed by atoms with van der Waals surface area (Å²) in [7, 11) is 0. The molecule has 1 N–H and O–H groups in total. The van der Waals surface area contributed by atoms with Crippen LogP contribution in [0.15, 0.2) is 48.7 Å². The van der Waals surface area contributed by atoms with Crippen LogP contribution >= 0.6 is 11.6 Å². The maximum atomic E-state index is 15.2. The topological polar surface area (TPSA) is 126 Å². The van der Waals surface area contributed by atoms with E-state index in [2.05, 4.69) is 25.8 Å². The summed E-state index contributed by atoms with van der Waals surface area (Å²) in [6.07, 6.45) is 3.04. The molecule has 2 aromatic carbocycles. The number of nitrogens with zero attached hydrogens (tertiary/aromatic N) is 6. The lowest BCUT2D eigenvalue weighted by Gasteiger charge is -2.44. The quantitative estimate of drug-likeness (QED) is 0.295. The second-order valence-corrected chi connectivity index (χ2v) is 13.0. The maximum absolute atomic E-state index is 15.2. The second-order valence-electron chi connectivity index (χ2n) is 12.6. The van der Waals surface area contributed by atoms with Crippen LogP contribution in [-0.2, 0) is 23.6 Å². The lowest BCUT2D eigenvalue weighted by atomic mass is 10.0. The number of piperazine rings is 1. The summed E-state index contributed by atoms with van der Waals surface area (Å²) < 4.78 is 35.8. The van der Waals surface area contributed by atoms with Crippen LogP contribution in [0.4, 0.5) is 10.1 Å². The Hall–Kier alpha value is -4.44. The number of halogens is 2. The molecule has 11 nitrogen and oxygen atoms in total. The van der Waals surface area contributed by atoms with E-state index in [4.69, 9.17) is 25.8 Å². The minimum atomic E-state index is -1.22. The number of fused-ring (bicyclic) bond motifs is 3. The van der Waals surface area contributed by atoms with E-state index in [0.29, 0.717) is 72.9 Å². The van der Waals surface area contributed by atoms with Gasteiger partial charge in [-0.2, -0.15) is 5.26 Å². The maximum Gasteiger partial charge on any atom is 0.335 e. The zero-order valence-electron chi connectivity index (χ0n) is 24.9. The van der Waals surface area contributed by atoms with Crippen LogP contribution in [0, 0.1) is 22.6 Å². The number of hydrogen-bond acceptors (Lipinski definition) is 9. The monoisotopic (exact) mass is 644 g/mol. The predicted molar refractivity (Wildman–Crippen MR) is 164 cm³/mol. The van der Waals surface area contributed by atoms with Gasteiger partial charge in [-0.25, -0.2) is 14.2 Å². The molecule has 0 spiro atoms. The molecule has 0 radical (unpaired) electrons. The number of anilines is 1. The van der Waals surface area contributed by atoms with Gasteiger partial charge in [-0.15, -0.1) is 0 Å². The number of para-hydroxylation sites is 1. The van der Waals surface area contributed by atoms with Gasteiger partial charge in [0.25, 0.3) is 5.79 Å². The normalized spacial score (nSPS) is 24.6. The first-order chi connectivity index (χ1) is 22.2. The number of aromatic nitrogens is 3. The molecule has 3 atom stereocenters. The summed E-state index contributed by atoms with van der Waals surface area (Å²) in [6, 6.07) is 14.2. The molecule has 13 heteroatoms. The van der Waals surface area contributed by atoms with Crippen molar-refractivity contribution < 1.29 is 28.5 Å². The molecule has 0 amide bonds. The Morgan fingerprint density at radius 3 is 2.74 bits per heavy atom. The fourth-order valence-corrected chi connectivity index (χ4v) is 7.03. The number of carbonyl (C=O) groups is 1. The molecule has 46 heavy (non-hydrogen) atoms. The molecule has 3 aliphatic heterocycles. The Kier molecular flexibility index (Phi) is 6.65. The molecule has 4 aliphatic rings. The number of rotatable bonds is 7. The molecule has 5 heterocycles. The molecule has 4 aromatic rings. The molecule has 1 aliphatic carbocycles. The van der Waals surface area contributed by atoms with Crippen LogP contribution in [0.3, 0.4) is 0 Å². The van der Waals surface area contributed by atoms with Crippen LogP contribution in [0.25, 0.3) is 11.0 Å². The SMILES string of the molecule is C[C@@]1(c2ccc(Cl)cn2)Oc2cccc(N3CCN(Cc4nc5c(F)cc(C(=O)O)cc5n4CC4(C#N)CC4)[C@@H]4COC[C@@H]43)c2O1. The first kappa shape index (κ1) is 29.0. The Bertz CT molecular complexity index is 1920. The van der Waals surface area contributed by atoms with Gasteiger partial charge in [0, 0.05) is 32.8 Å². The average molecular weight is 645 g/mol. The van der Waals surface area contributed by atoms with Crippen molar-refractivity contribution in [1.29, 1.82) is 5.26 Å². The lowest BCUT2D eigenvalue weighted by Crippen LogP contribution is -2.59. The molecule has 0 bridgehead atoms. The minimum absolute atomic E-state index is 0.00483. The van der Waals surface area contributed by atoms with E-state index in [9.17, 15) is 15.2 Å². The standard InChI is InChI=1S/C33H30ClFN6O5/c1-32(27-6-5-20(34)13-37-27)45-26-4-2-3-22(30(26)46-32)40-10-9-39(24-15-44-16-25(24)40)14-28-38-29-21(35)11-19(31(42)43)12-23(29)41(28)18-33(17-36)7-8-33/h2-6,11-13,24-25H,7-10,14-16,18H2,1H3,(H,42,43)/t24-,25+,32-/m1/s1. The van der Waals surface area contributed by atoms with E-state index in [1.54, 1.807) is 18.3 Å². The zero-order chi connectivity index (χ0) is 31.8. The van der Waals surface area contributed by atoms with E-state index in [1.165, 1.54) is 6.07 Å². The number of carboxylic acid groups (broad SMARTS) is 1. The van der Waals surface area contributed by atoms with Crippen LogP contribution in [0.2, 0.25) is 5.02 Å². The Labute approximate surface area is 268 Å². The van der Waals surface area contributed by atoms with Crippen molar-refractivity contribution in [2.75, 3.05) is 31.2 Å². The van der Waals surface area contributed by atoms with Crippen LogP contribution in [0.5, 0.6) is 11.5 Å². The Morgan fingerprint density at radius 2 is 2.00 bits per heavy atom. The number of imidazole rings is 1. The van der Waals surface area contributed by atoms with E-state index in [1.807, 2.05) is 29.7 Å². The summed E-state index contributed by atoms with van der Waals surface area (Å²) in [4.78, 5) is 25.4. The number of ether oxygens (including phenoxy) is 3. The van der Waals surface area contributed by atoms with Crippen LogP contribution in [-0.4, -0.2) is 68.9 Å². The summed E-state index contributed by atoms with van der Waals surface area (Å²) in [6.45, 7) is 4.87. The van der Waals surface area contributed by atoms with Gasteiger partial charge in [0.2, 0.25) is 0 Å². The molecule has 3 fully saturated rings. The molecular weight excluding hydrogens is 615 g/mol. The lowest BCUT2D eigenvalue weighted by molar-refractivity contribution is -0.0716. The van der Waals surface area contributed by atoms with Crippen LogP contribution in [0.1, 0.15) is 41.6 Å². The number of nitriles is 1. The summed E-state index contributed by atoms with van der Waals surface area (Å²) in [5.74, 6) is -1.17. The average Bonchev–Trinajstić information content (AvgIpc) is 3.32. The van der Waals surface area contributed by atoms with E-state index < -0.39 is 23.0 Å². The number of carboxylic acids is 1. The van der Waals surface area contributed by atoms with Gasteiger partial charge in [-0.1, -0.05) is 17.7 Å². The highest BCUT2D eigenvalue weighted by Gasteiger charge is 2.47. The molecule has 2 saturated heterocycles. The smallest absolute Gasteiger partial charge is 0.335 e. The van der Waals surface area contributed by atoms with E-state index in [0.717, 1.165) is 24.6 Å². The van der Waals surface area contributed by atoms with Gasteiger partial charge >= 0.3 is 5.97 Å². The zero-order valence-corrected chi connectivity index (χ0v) is 25.7. The molecule has 236 valence electrons. The fraction of sp³-hybridized carbons (Fsp3) is 0.394. The van der Waals surface area contributed by atoms with Crippen LogP contribution < -0.4 is 14.4 Å². The predicted octanol–water partition coefficient (Wildman–Crippen LogP) is 4.96. The van der Waals surface area contributed by atoms with Gasteiger partial charge in [0.15, 0.2) is 17.3 Å². The third-order valence-corrected chi connectivity index (χ3v) is 9.83. The third kappa shape index (κ3) is 4.73. The first-order valence-electron chi connectivity index (χ1n) is 15.2. The van der Waals surface area contributed by atoms with Gasteiger partial charge in [-0.05, 0) is 49.2 Å². The van der Waals surface area contributed by atoms with E-state index >= 15 is 4.39 Å². The van der Waals surface area contributed by atoms with Gasteiger partial charge in [-0.3, -0.25) is 9.88 Å². The van der Waals surface area contributed by atoms with Crippen molar-refractivity contribution in [3.8, 4) is 17.6 Å². The highest BCUT2D eigenvalue weighted by atomic mass is 35.5. The number of benzene rings is 2. The van der Waals surface area contributed by atoms with Crippen molar-refractivity contribution in [1.82, 2.24) is 19.4 Å². The molecule has 0 unspecified atom stereocenters. The summed E-state index contributed by atoms with van der Waals surface area (Å²) >= 11 is 6.06. The first-order valence-corrected chi connectivity index (χ1v) is 15.6. The van der Waals surface area contributed by atoms with Gasteiger partial charge in [0.05, 0.1) is 65.1 Å². The second kappa shape index (κ2) is 10.6. The van der Waals surface area contributed by atoms with E-state index in [-0.39, 0.29) is 23.2 Å². The fourth-order valence-electron chi connectivity index (χ4n) is 6.92. The van der Waals surface area contributed by atoms with Crippen molar-refractivity contribution in [2.24, 2.45) is 5.41 Å². The highest BCUT2D eigenvalue weighted by Crippen LogP contribution is 2.50. The molecule has 8 rings (SSSR count). The molecule has 1 saturated carbocycles. The van der Waals surface area contributed by atoms with Crippen molar-refractivity contribution in [3.05, 3.63) is 76.6 Å². The number of pyridine rings is 1. The third-order valence-electron chi connectivity index (χ3n) is 9.61. The minimum Gasteiger partial charge on any atom is -0.478 e. The summed E-state index contributed by atoms with van der Waals surface area (Å²) in [5, 5.41) is 20.0. The highest BCUT2D eigenvalue weighted by molar-refractivity contribution is 6.30. The molecule has 2 aromatic heterocycles. The Morgan fingerprint density at radius 1 is 1.17 bits per heavy atom. The van der Waals surface area contributed by atoms with Crippen molar-refractivity contribution in [3.63, 3.8) is 0 Å².